The van der Waals surface area contributed by atoms with Crippen LogP contribution in [-0.2, 0) is 9.53 Å². The maximum Gasteiger partial charge on any atom is 0.389 e. The molecule has 0 aliphatic carbocycles. The van der Waals surface area contributed by atoms with Crippen LogP contribution in [0.1, 0.15) is 19.8 Å². The fourth-order valence-corrected chi connectivity index (χ4v) is 1.13. The Morgan fingerprint density at radius 2 is 2.00 bits per heavy atom. The van der Waals surface area contributed by atoms with E-state index in [1.807, 2.05) is 0 Å². The van der Waals surface area contributed by atoms with Crippen LogP contribution in [0.15, 0.2) is 0 Å². The van der Waals surface area contributed by atoms with E-state index in [9.17, 15) is 18.0 Å². The molecule has 1 atom stereocenters. The number of alkyl halides is 3. The van der Waals surface area contributed by atoms with Crippen molar-refractivity contribution in [1.82, 2.24) is 10.6 Å². The smallest absolute Gasteiger partial charge is 0.383 e. The van der Waals surface area contributed by atoms with Gasteiger partial charge in [0.2, 0.25) is 5.91 Å². The lowest BCUT2D eigenvalue weighted by Gasteiger charge is -2.14. The number of hydrogen-bond donors (Lipinski definition) is 2. The Morgan fingerprint density at radius 1 is 1.35 bits per heavy atom. The molecule has 0 saturated heterocycles. The standard InChI is InChI=1S/C10H19F3N2O2/c1-8(9(16)15-6-7-17-2)14-5-3-4-10(11,12)13/h8,14H,3-7H2,1-2H3,(H,15,16). The zero-order chi connectivity index (χ0) is 13.3. The molecule has 0 saturated carbocycles. The molecule has 0 bridgehead atoms. The van der Waals surface area contributed by atoms with E-state index >= 15 is 0 Å². The highest BCUT2D eigenvalue weighted by Gasteiger charge is 2.26. The number of halogens is 3. The van der Waals surface area contributed by atoms with E-state index in [1.165, 1.54) is 7.11 Å². The second-order valence-electron chi connectivity index (χ2n) is 3.68. The summed E-state index contributed by atoms with van der Waals surface area (Å²) in [6.45, 7) is 2.57. The summed E-state index contributed by atoms with van der Waals surface area (Å²) in [7, 11) is 1.52. The van der Waals surface area contributed by atoms with E-state index in [1.54, 1.807) is 6.92 Å². The van der Waals surface area contributed by atoms with E-state index in [0.717, 1.165) is 0 Å². The molecule has 1 amide bonds. The summed E-state index contributed by atoms with van der Waals surface area (Å²) < 4.78 is 40.2. The molecular weight excluding hydrogens is 237 g/mol. The average Bonchev–Trinajstić information content (AvgIpc) is 2.23. The average molecular weight is 256 g/mol. The zero-order valence-corrected chi connectivity index (χ0v) is 10.1. The number of rotatable bonds is 8. The Hall–Kier alpha value is -0.820. The van der Waals surface area contributed by atoms with Crippen molar-refractivity contribution < 1.29 is 22.7 Å². The number of ether oxygens (including phenoxy) is 1. The molecule has 0 aliphatic rings. The van der Waals surface area contributed by atoms with Gasteiger partial charge < -0.3 is 15.4 Å². The first-order valence-corrected chi connectivity index (χ1v) is 5.43. The highest BCUT2D eigenvalue weighted by atomic mass is 19.4. The fourth-order valence-electron chi connectivity index (χ4n) is 1.13. The molecule has 0 aromatic heterocycles. The highest BCUT2D eigenvalue weighted by molar-refractivity contribution is 5.81. The van der Waals surface area contributed by atoms with Gasteiger partial charge in [-0.1, -0.05) is 0 Å². The number of carbonyl (C=O) groups is 1. The third-order valence-electron chi connectivity index (χ3n) is 2.09. The van der Waals surface area contributed by atoms with Gasteiger partial charge in [-0.2, -0.15) is 13.2 Å². The van der Waals surface area contributed by atoms with E-state index in [-0.39, 0.29) is 18.9 Å². The maximum atomic E-state index is 11.8. The number of amides is 1. The number of hydrogen-bond acceptors (Lipinski definition) is 3. The molecule has 17 heavy (non-hydrogen) atoms. The summed E-state index contributed by atoms with van der Waals surface area (Å²) in [6, 6.07) is -0.500. The van der Waals surface area contributed by atoms with Gasteiger partial charge in [-0.3, -0.25) is 4.79 Å². The van der Waals surface area contributed by atoms with E-state index < -0.39 is 18.6 Å². The molecule has 7 heteroatoms. The van der Waals surface area contributed by atoms with Crippen molar-refractivity contribution in [2.75, 3.05) is 26.8 Å². The monoisotopic (exact) mass is 256 g/mol. The molecule has 0 spiro atoms. The van der Waals surface area contributed by atoms with Crippen LogP contribution < -0.4 is 10.6 Å². The molecule has 0 aromatic carbocycles. The molecule has 0 rings (SSSR count). The predicted octanol–water partition coefficient (Wildman–Crippen LogP) is 1.07. The quantitative estimate of drug-likeness (QED) is 0.639. The van der Waals surface area contributed by atoms with E-state index in [0.29, 0.717) is 13.2 Å². The Labute approximate surface area is 98.9 Å². The van der Waals surface area contributed by atoms with Gasteiger partial charge in [-0.25, -0.2) is 0 Å². The van der Waals surface area contributed by atoms with Gasteiger partial charge in [-0.05, 0) is 19.9 Å². The van der Waals surface area contributed by atoms with Crippen LogP contribution in [0, 0.1) is 0 Å². The predicted molar refractivity (Wildman–Crippen MR) is 57.6 cm³/mol. The van der Waals surface area contributed by atoms with Crippen molar-refractivity contribution in [3.05, 3.63) is 0 Å². The van der Waals surface area contributed by atoms with Gasteiger partial charge in [-0.15, -0.1) is 0 Å². The molecule has 0 aromatic rings. The molecule has 0 fully saturated rings. The molecule has 4 nitrogen and oxygen atoms in total. The van der Waals surface area contributed by atoms with Crippen LogP contribution in [0.2, 0.25) is 0 Å². The number of methoxy groups -OCH3 is 1. The normalized spacial score (nSPS) is 13.5. The van der Waals surface area contributed by atoms with Crippen LogP contribution in [0.4, 0.5) is 13.2 Å². The van der Waals surface area contributed by atoms with Crippen molar-refractivity contribution in [1.29, 1.82) is 0 Å². The Morgan fingerprint density at radius 3 is 2.53 bits per heavy atom. The van der Waals surface area contributed by atoms with Crippen LogP contribution in [0.3, 0.4) is 0 Å². The van der Waals surface area contributed by atoms with Crippen LogP contribution in [0.5, 0.6) is 0 Å². The van der Waals surface area contributed by atoms with Crippen molar-refractivity contribution in [3.63, 3.8) is 0 Å². The van der Waals surface area contributed by atoms with Gasteiger partial charge in [0, 0.05) is 20.1 Å². The lowest BCUT2D eigenvalue weighted by Crippen LogP contribution is -2.43. The first kappa shape index (κ1) is 16.2. The van der Waals surface area contributed by atoms with Gasteiger partial charge in [0.1, 0.15) is 0 Å². The van der Waals surface area contributed by atoms with Gasteiger partial charge >= 0.3 is 6.18 Å². The number of carbonyl (C=O) groups excluding carboxylic acids is 1. The summed E-state index contributed by atoms with van der Waals surface area (Å²) in [5.41, 5.74) is 0. The first-order valence-electron chi connectivity index (χ1n) is 5.43. The van der Waals surface area contributed by atoms with Crippen LogP contribution in [0.25, 0.3) is 0 Å². The SMILES string of the molecule is COCCNC(=O)C(C)NCCCC(F)(F)F. The molecular formula is C10H19F3N2O2. The lowest BCUT2D eigenvalue weighted by atomic mass is 10.2. The summed E-state index contributed by atoms with van der Waals surface area (Å²) in [5.74, 6) is -0.242. The van der Waals surface area contributed by atoms with Gasteiger partial charge in [0.05, 0.1) is 12.6 Å². The first-order chi connectivity index (χ1) is 7.87. The minimum Gasteiger partial charge on any atom is -0.383 e. The highest BCUT2D eigenvalue weighted by Crippen LogP contribution is 2.20. The van der Waals surface area contributed by atoms with E-state index in [4.69, 9.17) is 4.74 Å². The van der Waals surface area contributed by atoms with Crippen molar-refractivity contribution in [2.24, 2.45) is 0 Å². The summed E-state index contributed by atoms with van der Waals surface area (Å²) in [5, 5.41) is 5.32. The second-order valence-corrected chi connectivity index (χ2v) is 3.68. The molecule has 0 aliphatic heterocycles. The molecule has 0 heterocycles. The topological polar surface area (TPSA) is 50.4 Å². The van der Waals surface area contributed by atoms with Crippen molar-refractivity contribution >= 4 is 5.91 Å². The van der Waals surface area contributed by atoms with Crippen LogP contribution in [-0.4, -0.2) is 44.9 Å². The summed E-state index contributed by atoms with van der Waals surface area (Å²) in [6.07, 6.45) is -5.00. The minimum atomic E-state index is -4.13. The summed E-state index contributed by atoms with van der Waals surface area (Å²) in [4.78, 5) is 11.4. The largest absolute Gasteiger partial charge is 0.389 e. The van der Waals surface area contributed by atoms with Crippen molar-refractivity contribution in [2.45, 2.75) is 32.0 Å². The van der Waals surface area contributed by atoms with Gasteiger partial charge in [0.15, 0.2) is 0 Å². The third kappa shape index (κ3) is 10.1. The van der Waals surface area contributed by atoms with E-state index in [2.05, 4.69) is 10.6 Å². The molecule has 1 unspecified atom stereocenters. The second kappa shape index (κ2) is 8.30. The Bertz CT molecular complexity index is 222. The molecule has 2 N–H and O–H groups in total. The fraction of sp³-hybridized carbons (Fsp3) is 0.900. The minimum absolute atomic E-state index is 0.0286. The molecule has 102 valence electrons. The zero-order valence-electron chi connectivity index (χ0n) is 10.1. The summed E-state index contributed by atoms with van der Waals surface area (Å²) >= 11 is 0. The van der Waals surface area contributed by atoms with Crippen LogP contribution >= 0.6 is 0 Å². The van der Waals surface area contributed by atoms with Gasteiger partial charge in [0.25, 0.3) is 0 Å². The molecule has 0 radical (unpaired) electrons. The van der Waals surface area contributed by atoms with Crippen molar-refractivity contribution in [3.8, 4) is 0 Å². The third-order valence-corrected chi connectivity index (χ3v) is 2.09. The Balaban J connectivity index is 3.57. The maximum absolute atomic E-state index is 11.8. The number of nitrogens with one attached hydrogen (secondary N) is 2. The lowest BCUT2D eigenvalue weighted by molar-refractivity contribution is -0.135. The Kier molecular flexibility index (Phi) is 7.90.